The number of rotatable bonds is 1. The second-order valence-electron chi connectivity index (χ2n) is 2.86. The van der Waals surface area contributed by atoms with Crippen LogP contribution in [0, 0.1) is 0 Å². The first kappa shape index (κ1) is 9.75. The van der Waals surface area contributed by atoms with E-state index in [2.05, 4.69) is 26.9 Å². The SMILES string of the molecule is Cn1nccc1-c1ncc([As])cc1Cl. The van der Waals surface area contributed by atoms with E-state index in [1.807, 2.05) is 19.2 Å². The average molecular weight is 268 g/mol. The van der Waals surface area contributed by atoms with E-state index >= 15 is 0 Å². The first-order valence-corrected chi connectivity index (χ1v) is 5.33. The zero-order valence-electron chi connectivity index (χ0n) is 7.48. The van der Waals surface area contributed by atoms with E-state index in [0.717, 1.165) is 15.7 Å². The van der Waals surface area contributed by atoms with Crippen LogP contribution in [0.1, 0.15) is 0 Å². The molecule has 5 heteroatoms. The molecule has 14 heavy (non-hydrogen) atoms. The summed E-state index contributed by atoms with van der Waals surface area (Å²) in [6, 6.07) is 3.76. The molecule has 3 nitrogen and oxygen atoms in total. The topological polar surface area (TPSA) is 30.7 Å². The molecule has 0 atom stereocenters. The fourth-order valence-electron chi connectivity index (χ4n) is 1.22. The molecule has 0 N–H and O–H groups in total. The van der Waals surface area contributed by atoms with Gasteiger partial charge >= 0.3 is 95.6 Å². The molecule has 0 fully saturated rings. The third kappa shape index (κ3) is 1.70. The van der Waals surface area contributed by atoms with Crippen molar-refractivity contribution in [3.8, 4) is 11.4 Å². The molecular weight excluding hydrogens is 260 g/mol. The maximum atomic E-state index is 6.08. The monoisotopic (exact) mass is 267 g/mol. The van der Waals surface area contributed by atoms with Crippen LogP contribution in [0.5, 0.6) is 0 Å². The third-order valence-corrected chi connectivity index (χ3v) is 2.69. The van der Waals surface area contributed by atoms with Gasteiger partial charge in [0.1, 0.15) is 0 Å². The minimum atomic E-state index is 0.645. The van der Waals surface area contributed by atoms with Gasteiger partial charge in [0, 0.05) is 0 Å². The van der Waals surface area contributed by atoms with Crippen LogP contribution in [0.15, 0.2) is 24.5 Å². The maximum absolute atomic E-state index is 6.08. The molecule has 0 bridgehead atoms. The van der Waals surface area contributed by atoms with E-state index in [1.165, 1.54) is 0 Å². The number of aromatic nitrogens is 3. The number of hydrogen-bond acceptors (Lipinski definition) is 2. The molecule has 0 saturated carbocycles. The van der Waals surface area contributed by atoms with Crippen LogP contribution in [0.2, 0.25) is 5.02 Å². The average Bonchev–Trinajstić information content (AvgIpc) is 2.52. The summed E-state index contributed by atoms with van der Waals surface area (Å²) in [6.07, 6.45) is 3.50. The molecule has 2 radical (unpaired) electrons. The van der Waals surface area contributed by atoms with Gasteiger partial charge in [-0.1, -0.05) is 0 Å². The van der Waals surface area contributed by atoms with E-state index < -0.39 is 0 Å². The molecule has 2 rings (SSSR count). The van der Waals surface area contributed by atoms with Crippen molar-refractivity contribution in [3.05, 3.63) is 29.5 Å². The Bertz CT molecular complexity index is 467. The van der Waals surface area contributed by atoms with Gasteiger partial charge in [-0.25, -0.2) is 0 Å². The van der Waals surface area contributed by atoms with Crippen LogP contribution in [0.4, 0.5) is 0 Å². The van der Waals surface area contributed by atoms with Crippen molar-refractivity contribution in [2.75, 3.05) is 0 Å². The molecule has 0 aromatic carbocycles. The normalized spacial score (nSPS) is 10.5. The molecule has 0 spiro atoms. The van der Waals surface area contributed by atoms with E-state index in [0.29, 0.717) is 5.02 Å². The van der Waals surface area contributed by atoms with Crippen LogP contribution >= 0.6 is 11.6 Å². The first-order valence-electron chi connectivity index (χ1n) is 4.01. The molecule has 70 valence electrons. The summed E-state index contributed by atoms with van der Waals surface area (Å²) in [5.74, 6) is 0. The van der Waals surface area contributed by atoms with Crippen LogP contribution in [0.25, 0.3) is 11.4 Å². The molecule has 0 unspecified atom stereocenters. The number of aryl methyl sites for hydroxylation is 1. The van der Waals surface area contributed by atoms with E-state index in [4.69, 9.17) is 11.6 Å². The Balaban J connectivity index is 2.58. The summed E-state index contributed by atoms with van der Waals surface area (Å²) in [5.41, 5.74) is 1.68. The Morgan fingerprint density at radius 3 is 2.86 bits per heavy atom. The minimum absolute atomic E-state index is 0.645. The first-order chi connectivity index (χ1) is 6.68. The van der Waals surface area contributed by atoms with E-state index in [1.54, 1.807) is 17.1 Å². The van der Waals surface area contributed by atoms with Gasteiger partial charge in [-0.3, -0.25) is 0 Å². The number of pyridine rings is 1. The Hall–Kier alpha value is -0.792. The predicted molar refractivity (Wildman–Crippen MR) is 56.8 cm³/mol. The van der Waals surface area contributed by atoms with Gasteiger partial charge in [-0.2, -0.15) is 0 Å². The van der Waals surface area contributed by atoms with Gasteiger partial charge in [0.05, 0.1) is 0 Å². The predicted octanol–water partition coefficient (Wildman–Crippen LogP) is 0.929. The molecule has 0 amide bonds. The number of nitrogens with zero attached hydrogens (tertiary/aromatic N) is 3. The number of hydrogen-bond donors (Lipinski definition) is 0. The Kier molecular flexibility index (Phi) is 2.62. The molecule has 0 aliphatic carbocycles. The summed E-state index contributed by atoms with van der Waals surface area (Å²) < 4.78 is 2.74. The molecule has 0 aliphatic rings. The van der Waals surface area contributed by atoms with Crippen molar-refractivity contribution in [1.29, 1.82) is 0 Å². The van der Waals surface area contributed by atoms with Crippen molar-refractivity contribution >= 4 is 32.8 Å². The van der Waals surface area contributed by atoms with E-state index in [-0.39, 0.29) is 0 Å². The van der Waals surface area contributed by atoms with Crippen molar-refractivity contribution in [2.24, 2.45) is 7.05 Å². The molecule has 0 aliphatic heterocycles. The van der Waals surface area contributed by atoms with Crippen molar-refractivity contribution in [3.63, 3.8) is 0 Å². The summed E-state index contributed by atoms with van der Waals surface area (Å²) in [6.45, 7) is 0. The standard InChI is InChI=1S/C9H7AsClN3/c1-14-8(2-3-13-14)9-7(11)4-6(10)5-12-9/h2-5H,1H3. The number of halogens is 1. The Morgan fingerprint density at radius 2 is 2.29 bits per heavy atom. The summed E-state index contributed by atoms with van der Waals surface area (Å²) in [7, 11) is 1.86. The molecule has 2 heterocycles. The van der Waals surface area contributed by atoms with Gasteiger partial charge in [-0.05, 0) is 0 Å². The zero-order valence-corrected chi connectivity index (χ0v) is 10.1. The fraction of sp³-hybridized carbons (Fsp3) is 0.111. The third-order valence-electron chi connectivity index (χ3n) is 1.89. The quantitative estimate of drug-likeness (QED) is 0.720. The Morgan fingerprint density at radius 1 is 1.50 bits per heavy atom. The molecular formula is C9H7AsClN3. The summed E-state index contributed by atoms with van der Waals surface area (Å²) in [5, 5.41) is 4.72. The van der Waals surface area contributed by atoms with E-state index in [9.17, 15) is 0 Å². The fourth-order valence-corrected chi connectivity index (χ4v) is 2.04. The van der Waals surface area contributed by atoms with Gasteiger partial charge in [0.15, 0.2) is 0 Å². The molecule has 2 aromatic heterocycles. The zero-order chi connectivity index (χ0) is 10.1. The van der Waals surface area contributed by atoms with Crippen molar-refractivity contribution in [2.45, 2.75) is 0 Å². The second kappa shape index (κ2) is 3.76. The van der Waals surface area contributed by atoms with Gasteiger partial charge in [0.25, 0.3) is 0 Å². The van der Waals surface area contributed by atoms with Crippen LogP contribution in [0.3, 0.4) is 0 Å². The Labute approximate surface area is 95.6 Å². The molecule has 0 saturated heterocycles. The molecule has 2 aromatic rings. The van der Waals surface area contributed by atoms with Crippen LogP contribution < -0.4 is 4.35 Å². The van der Waals surface area contributed by atoms with Crippen molar-refractivity contribution < 1.29 is 0 Å². The summed E-state index contributed by atoms with van der Waals surface area (Å²) >= 11 is 8.49. The van der Waals surface area contributed by atoms with Crippen LogP contribution in [-0.2, 0) is 7.05 Å². The second-order valence-corrected chi connectivity index (χ2v) is 4.35. The summed E-state index contributed by atoms with van der Waals surface area (Å²) in [4.78, 5) is 4.27. The van der Waals surface area contributed by atoms with Crippen molar-refractivity contribution in [1.82, 2.24) is 14.8 Å². The van der Waals surface area contributed by atoms with Gasteiger partial charge in [0.2, 0.25) is 0 Å². The van der Waals surface area contributed by atoms with Gasteiger partial charge < -0.3 is 0 Å². The van der Waals surface area contributed by atoms with Crippen LogP contribution in [-0.4, -0.2) is 31.6 Å². The van der Waals surface area contributed by atoms with Gasteiger partial charge in [-0.15, -0.1) is 0 Å².